The zero-order valence-electron chi connectivity index (χ0n) is 17.5. The van der Waals surface area contributed by atoms with Crippen LogP contribution in [-0.4, -0.2) is 21.2 Å². The fourth-order valence-electron chi connectivity index (χ4n) is 3.52. The van der Waals surface area contributed by atoms with Crippen LogP contribution in [0, 0.1) is 6.92 Å². The van der Waals surface area contributed by atoms with E-state index in [0.717, 1.165) is 15.8 Å². The standard InChI is InChI=1S/C24H18ClN3O3S2/c1-14-17(25)8-4-9-18(14)26-20(29)13-33-24-27-21-16-7-2-3-10-19(16)31-22(21)23(30)28(24)12-15-6-5-11-32-15/h2-11H,12-13H2,1H3,(H,26,29). The molecule has 9 heteroatoms. The number of hydrogen-bond acceptors (Lipinski definition) is 6. The van der Waals surface area contributed by atoms with Gasteiger partial charge in [-0.2, -0.15) is 0 Å². The van der Waals surface area contributed by atoms with Crippen LogP contribution in [0.2, 0.25) is 5.02 Å². The van der Waals surface area contributed by atoms with Gasteiger partial charge < -0.3 is 9.73 Å². The molecule has 166 valence electrons. The molecule has 0 bridgehead atoms. The van der Waals surface area contributed by atoms with Crippen molar-refractivity contribution in [1.82, 2.24) is 9.55 Å². The van der Waals surface area contributed by atoms with E-state index in [-0.39, 0.29) is 22.8 Å². The van der Waals surface area contributed by atoms with Gasteiger partial charge in [-0.3, -0.25) is 14.2 Å². The SMILES string of the molecule is Cc1c(Cl)cccc1NC(=O)CSc1nc2c(oc3ccccc32)c(=O)n1Cc1cccs1. The van der Waals surface area contributed by atoms with Crippen molar-refractivity contribution in [1.29, 1.82) is 0 Å². The summed E-state index contributed by atoms with van der Waals surface area (Å²) in [6.07, 6.45) is 0. The third-order valence-corrected chi connectivity index (χ3v) is 7.46. The van der Waals surface area contributed by atoms with E-state index in [0.29, 0.717) is 33.5 Å². The molecule has 0 radical (unpaired) electrons. The van der Waals surface area contributed by atoms with E-state index in [2.05, 4.69) is 5.32 Å². The molecule has 3 heterocycles. The van der Waals surface area contributed by atoms with Crippen LogP contribution in [0.5, 0.6) is 0 Å². The van der Waals surface area contributed by atoms with Crippen molar-refractivity contribution in [3.63, 3.8) is 0 Å². The molecule has 2 aromatic carbocycles. The Morgan fingerprint density at radius 3 is 2.85 bits per heavy atom. The summed E-state index contributed by atoms with van der Waals surface area (Å²) in [7, 11) is 0. The van der Waals surface area contributed by atoms with E-state index < -0.39 is 0 Å². The largest absolute Gasteiger partial charge is 0.448 e. The van der Waals surface area contributed by atoms with Gasteiger partial charge in [-0.1, -0.05) is 47.6 Å². The monoisotopic (exact) mass is 495 g/mol. The number of thioether (sulfide) groups is 1. The number of furan rings is 1. The first kappa shape index (κ1) is 21.8. The van der Waals surface area contributed by atoms with Gasteiger partial charge in [0.15, 0.2) is 5.16 Å². The van der Waals surface area contributed by atoms with Crippen molar-refractivity contribution in [2.75, 3.05) is 11.1 Å². The Labute approximate surface area is 202 Å². The number of rotatable bonds is 6. The summed E-state index contributed by atoms with van der Waals surface area (Å²) in [6.45, 7) is 2.21. The van der Waals surface area contributed by atoms with Crippen LogP contribution >= 0.6 is 34.7 Å². The number of thiophene rings is 1. The second-order valence-corrected chi connectivity index (χ2v) is 9.77. The van der Waals surface area contributed by atoms with Gasteiger partial charge in [0.25, 0.3) is 5.56 Å². The first-order chi connectivity index (χ1) is 16.0. The molecule has 0 fully saturated rings. The number of anilines is 1. The predicted octanol–water partition coefficient (Wildman–Crippen LogP) is 5.95. The van der Waals surface area contributed by atoms with Gasteiger partial charge in [0, 0.05) is 21.0 Å². The quantitative estimate of drug-likeness (QED) is 0.233. The maximum absolute atomic E-state index is 13.4. The van der Waals surface area contributed by atoms with E-state index in [1.807, 2.05) is 48.7 Å². The van der Waals surface area contributed by atoms with E-state index in [1.165, 1.54) is 11.8 Å². The molecule has 33 heavy (non-hydrogen) atoms. The Balaban J connectivity index is 1.50. The van der Waals surface area contributed by atoms with E-state index in [9.17, 15) is 9.59 Å². The lowest BCUT2D eigenvalue weighted by atomic mass is 10.2. The van der Waals surface area contributed by atoms with Gasteiger partial charge in [-0.25, -0.2) is 4.98 Å². The van der Waals surface area contributed by atoms with Crippen molar-refractivity contribution in [2.45, 2.75) is 18.6 Å². The van der Waals surface area contributed by atoms with Gasteiger partial charge in [-0.15, -0.1) is 11.3 Å². The summed E-state index contributed by atoms with van der Waals surface area (Å²) in [6, 6.07) is 16.7. The second kappa shape index (κ2) is 9.05. The highest BCUT2D eigenvalue weighted by Gasteiger charge is 2.19. The Kier molecular flexibility index (Phi) is 5.97. The van der Waals surface area contributed by atoms with E-state index in [4.69, 9.17) is 21.0 Å². The average Bonchev–Trinajstić information content (AvgIpc) is 3.46. The molecule has 0 aliphatic rings. The molecule has 5 aromatic rings. The number of carbonyl (C=O) groups is 1. The summed E-state index contributed by atoms with van der Waals surface area (Å²) in [5.74, 6) is -0.121. The maximum Gasteiger partial charge on any atom is 0.298 e. The van der Waals surface area contributed by atoms with Crippen molar-refractivity contribution in [3.8, 4) is 0 Å². The zero-order valence-corrected chi connectivity index (χ0v) is 19.9. The zero-order chi connectivity index (χ0) is 22.9. The lowest BCUT2D eigenvalue weighted by Gasteiger charge is -2.12. The number of benzene rings is 2. The smallest absolute Gasteiger partial charge is 0.298 e. The molecular weight excluding hydrogens is 478 g/mol. The lowest BCUT2D eigenvalue weighted by molar-refractivity contribution is -0.113. The Morgan fingerprint density at radius 1 is 1.18 bits per heavy atom. The molecule has 1 amide bonds. The number of nitrogens with one attached hydrogen (secondary N) is 1. The van der Waals surface area contributed by atoms with Gasteiger partial charge in [-0.05, 0) is 48.2 Å². The second-order valence-electron chi connectivity index (χ2n) is 7.39. The van der Waals surface area contributed by atoms with Crippen LogP contribution < -0.4 is 10.9 Å². The van der Waals surface area contributed by atoms with Gasteiger partial charge in [0.1, 0.15) is 11.1 Å². The van der Waals surface area contributed by atoms with E-state index >= 15 is 0 Å². The summed E-state index contributed by atoms with van der Waals surface area (Å²) in [5, 5.41) is 6.67. The number of amides is 1. The summed E-state index contributed by atoms with van der Waals surface area (Å²) < 4.78 is 7.40. The van der Waals surface area contributed by atoms with Crippen LogP contribution in [0.1, 0.15) is 10.4 Å². The number of halogens is 1. The number of aromatic nitrogens is 2. The van der Waals surface area contributed by atoms with Crippen LogP contribution in [0.4, 0.5) is 5.69 Å². The first-order valence-electron chi connectivity index (χ1n) is 10.1. The Hall–Kier alpha value is -3.07. The number of para-hydroxylation sites is 1. The lowest BCUT2D eigenvalue weighted by Crippen LogP contribution is -2.24. The number of nitrogens with zero attached hydrogens (tertiary/aromatic N) is 2. The van der Waals surface area contributed by atoms with Crippen molar-refractivity contribution in [3.05, 3.63) is 85.8 Å². The molecule has 0 aliphatic carbocycles. The first-order valence-corrected chi connectivity index (χ1v) is 12.4. The highest BCUT2D eigenvalue weighted by atomic mass is 35.5. The molecule has 0 saturated carbocycles. The number of carbonyl (C=O) groups excluding carboxylic acids is 1. The molecule has 0 unspecified atom stereocenters. The molecule has 0 spiro atoms. The summed E-state index contributed by atoms with van der Waals surface area (Å²) >= 11 is 8.93. The topological polar surface area (TPSA) is 77.1 Å². The van der Waals surface area contributed by atoms with Crippen LogP contribution in [0.3, 0.4) is 0 Å². The average molecular weight is 496 g/mol. The predicted molar refractivity (Wildman–Crippen MR) is 135 cm³/mol. The molecule has 0 saturated heterocycles. The van der Waals surface area contributed by atoms with Crippen LogP contribution in [0.15, 0.2) is 74.3 Å². The highest BCUT2D eigenvalue weighted by molar-refractivity contribution is 7.99. The minimum absolute atomic E-state index is 0.0874. The van der Waals surface area contributed by atoms with Crippen molar-refractivity contribution in [2.24, 2.45) is 0 Å². The molecule has 5 rings (SSSR count). The highest BCUT2D eigenvalue weighted by Crippen LogP contribution is 2.28. The molecular formula is C24H18ClN3O3S2. The fraction of sp³-hybridized carbons (Fsp3) is 0.125. The molecule has 6 nitrogen and oxygen atoms in total. The van der Waals surface area contributed by atoms with Gasteiger partial charge in [0.2, 0.25) is 11.5 Å². The molecule has 0 atom stereocenters. The van der Waals surface area contributed by atoms with E-state index in [1.54, 1.807) is 34.1 Å². The van der Waals surface area contributed by atoms with Gasteiger partial charge in [0.05, 0.1) is 12.3 Å². The molecule has 0 aliphatic heterocycles. The Morgan fingerprint density at radius 2 is 2.03 bits per heavy atom. The van der Waals surface area contributed by atoms with Crippen LogP contribution in [0.25, 0.3) is 22.1 Å². The minimum atomic E-state index is -0.266. The fourth-order valence-corrected chi connectivity index (χ4v) is 5.18. The summed E-state index contributed by atoms with van der Waals surface area (Å²) in [4.78, 5) is 31.8. The maximum atomic E-state index is 13.4. The normalized spacial score (nSPS) is 11.3. The number of hydrogen-bond donors (Lipinski definition) is 1. The van der Waals surface area contributed by atoms with Crippen LogP contribution in [-0.2, 0) is 11.3 Å². The minimum Gasteiger partial charge on any atom is -0.448 e. The van der Waals surface area contributed by atoms with Crippen molar-refractivity contribution >= 4 is 68.4 Å². The third kappa shape index (κ3) is 4.29. The Bertz CT molecular complexity index is 1540. The molecule has 1 N–H and O–H groups in total. The molecule has 3 aromatic heterocycles. The number of fused-ring (bicyclic) bond motifs is 3. The third-order valence-electron chi connectivity index (χ3n) is 5.22. The summed E-state index contributed by atoms with van der Waals surface area (Å²) in [5.41, 5.74) is 2.53. The van der Waals surface area contributed by atoms with Crippen molar-refractivity contribution < 1.29 is 9.21 Å². The van der Waals surface area contributed by atoms with Gasteiger partial charge >= 0.3 is 0 Å².